The monoisotopic (exact) mass is 227 g/mol. The summed E-state index contributed by atoms with van der Waals surface area (Å²) in [5, 5.41) is 2.70. The molecule has 0 aromatic heterocycles. The summed E-state index contributed by atoms with van der Waals surface area (Å²) >= 11 is 0. The van der Waals surface area contributed by atoms with E-state index < -0.39 is 12.0 Å². The van der Waals surface area contributed by atoms with Crippen molar-refractivity contribution in [3.05, 3.63) is 35.4 Å². The number of nitrogens with one attached hydrogen (secondary N) is 1. The van der Waals surface area contributed by atoms with Gasteiger partial charge in [0.25, 0.3) is 6.43 Å². The second kappa shape index (κ2) is 5.39. The first-order valence-electron chi connectivity index (χ1n) is 5.61. The molecule has 0 aliphatic carbocycles. The number of rotatable bonds is 5. The molecule has 0 amide bonds. The third-order valence-electron chi connectivity index (χ3n) is 3.05. The van der Waals surface area contributed by atoms with Crippen LogP contribution in [0.4, 0.5) is 8.78 Å². The summed E-state index contributed by atoms with van der Waals surface area (Å²) in [5.41, 5.74) is 0.564. The number of benzene rings is 1. The predicted octanol–water partition coefficient (Wildman–Crippen LogP) is 3.34. The molecule has 1 aromatic carbocycles. The summed E-state index contributed by atoms with van der Waals surface area (Å²) < 4.78 is 25.9. The van der Waals surface area contributed by atoms with E-state index in [9.17, 15) is 8.78 Å². The lowest BCUT2D eigenvalue weighted by atomic mass is 9.91. The Morgan fingerprint density at radius 3 is 2.19 bits per heavy atom. The van der Waals surface area contributed by atoms with Gasteiger partial charge in [0, 0.05) is 0 Å². The zero-order chi connectivity index (χ0) is 12.2. The topological polar surface area (TPSA) is 12.0 Å². The molecular formula is C13H19F2N. The Balaban J connectivity index is 2.95. The fourth-order valence-electron chi connectivity index (χ4n) is 1.69. The molecule has 0 bridgehead atoms. The molecule has 1 unspecified atom stereocenters. The third kappa shape index (κ3) is 2.59. The van der Waals surface area contributed by atoms with E-state index >= 15 is 0 Å². The van der Waals surface area contributed by atoms with Gasteiger partial charge in [0.2, 0.25) is 0 Å². The van der Waals surface area contributed by atoms with Gasteiger partial charge in [-0.05, 0) is 31.5 Å². The Morgan fingerprint density at radius 1 is 1.25 bits per heavy atom. The average molecular weight is 227 g/mol. The molecule has 90 valence electrons. The maximum atomic E-state index is 13.0. The number of alkyl halides is 2. The van der Waals surface area contributed by atoms with Crippen molar-refractivity contribution in [2.24, 2.45) is 0 Å². The fourth-order valence-corrected chi connectivity index (χ4v) is 1.69. The lowest BCUT2D eigenvalue weighted by molar-refractivity contribution is 0.0432. The van der Waals surface area contributed by atoms with Crippen LogP contribution in [0.3, 0.4) is 0 Å². The van der Waals surface area contributed by atoms with Crippen molar-refractivity contribution in [2.45, 2.75) is 38.7 Å². The van der Waals surface area contributed by atoms with Crippen molar-refractivity contribution >= 4 is 0 Å². The van der Waals surface area contributed by atoms with E-state index in [1.54, 1.807) is 19.2 Å². The highest BCUT2D eigenvalue weighted by Gasteiger charge is 2.34. The van der Waals surface area contributed by atoms with Crippen molar-refractivity contribution in [3.8, 4) is 0 Å². The molecule has 3 heteroatoms. The number of aryl methyl sites for hydroxylation is 1. The molecule has 0 saturated carbocycles. The quantitative estimate of drug-likeness (QED) is 0.813. The van der Waals surface area contributed by atoms with Gasteiger partial charge < -0.3 is 5.32 Å². The maximum Gasteiger partial charge on any atom is 0.260 e. The average Bonchev–Trinajstić information content (AvgIpc) is 2.29. The summed E-state index contributed by atoms with van der Waals surface area (Å²) in [6, 6.07) is 7.43. The van der Waals surface area contributed by atoms with E-state index in [0.29, 0.717) is 5.56 Å². The van der Waals surface area contributed by atoms with Crippen LogP contribution in [0.5, 0.6) is 0 Å². The highest BCUT2D eigenvalue weighted by molar-refractivity contribution is 5.28. The molecule has 1 nitrogen and oxygen atoms in total. The Kier molecular flexibility index (Phi) is 4.42. The number of halogens is 2. The Bertz CT molecular complexity index is 321. The normalized spacial score (nSPS) is 15.1. The molecule has 1 atom stereocenters. The summed E-state index contributed by atoms with van der Waals surface area (Å²) in [6.07, 6.45) is -0.363. The van der Waals surface area contributed by atoms with Crippen LogP contribution in [-0.4, -0.2) is 13.5 Å². The van der Waals surface area contributed by atoms with E-state index in [1.165, 1.54) is 12.5 Å². The highest BCUT2D eigenvalue weighted by Crippen LogP contribution is 2.27. The molecule has 0 spiro atoms. The third-order valence-corrected chi connectivity index (χ3v) is 3.05. The molecule has 0 aliphatic heterocycles. The fraction of sp³-hybridized carbons (Fsp3) is 0.538. The second-order valence-corrected chi connectivity index (χ2v) is 4.20. The SMILES string of the molecule is CCCc1ccc(C(C)(NC)C(F)F)cc1. The van der Waals surface area contributed by atoms with Crippen LogP contribution in [0, 0.1) is 0 Å². The molecule has 0 fully saturated rings. The van der Waals surface area contributed by atoms with E-state index in [2.05, 4.69) is 12.2 Å². The second-order valence-electron chi connectivity index (χ2n) is 4.20. The van der Waals surface area contributed by atoms with Gasteiger partial charge in [0.1, 0.15) is 5.54 Å². The van der Waals surface area contributed by atoms with E-state index in [0.717, 1.165) is 12.8 Å². The lowest BCUT2D eigenvalue weighted by Gasteiger charge is -2.29. The van der Waals surface area contributed by atoms with Crippen LogP contribution in [0.2, 0.25) is 0 Å². The van der Waals surface area contributed by atoms with Gasteiger partial charge in [-0.3, -0.25) is 0 Å². The predicted molar refractivity (Wildman–Crippen MR) is 62.9 cm³/mol. The number of hydrogen-bond acceptors (Lipinski definition) is 1. The van der Waals surface area contributed by atoms with Crippen molar-refractivity contribution < 1.29 is 8.78 Å². The minimum atomic E-state index is -2.42. The van der Waals surface area contributed by atoms with Gasteiger partial charge in [-0.15, -0.1) is 0 Å². The van der Waals surface area contributed by atoms with Crippen molar-refractivity contribution in [1.82, 2.24) is 5.32 Å². The molecule has 0 saturated heterocycles. The van der Waals surface area contributed by atoms with E-state index in [4.69, 9.17) is 0 Å². The minimum absolute atomic E-state index is 0.629. The molecular weight excluding hydrogens is 208 g/mol. The summed E-state index contributed by atoms with van der Waals surface area (Å²) in [6.45, 7) is 3.62. The van der Waals surface area contributed by atoms with Crippen LogP contribution >= 0.6 is 0 Å². The Labute approximate surface area is 95.9 Å². The summed E-state index contributed by atoms with van der Waals surface area (Å²) in [5.74, 6) is 0. The lowest BCUT2D eigenvalue weighted by Crippen LogP contribution is -2.43. The van der Waals surface area contributed by atoms with E-state index in [1.807, 2.05) is 12.1 Å². The van der Waals surface area contributed by atoms with Gasteiger partial charge in [-0.25, -0.2) is 8.78 Å². The first kappa shape index (κ1) is 13.1. The van der Waals surface area contributed by atoms with Gasteiger partial charge in [0.05, 0.1) is 0 Å². The van der Waals surface area contributed by atoms with Gasteiger partial charge in [0.15, 0.2) is 0 Å². The van der Waals surface area contributed by atoms with Crippen LogP contribution in [0.25, 0.3) is 0 Å². The standard InChI is InChI=1S/C13H19F2N/c1-4-5-10-6-8-11(9-7-10)13(2,16-3)12(14)15/h6-9,12,16H,4-5H2,1-3H3. The Hall–Kier alpha value is -0.960. The van der Waals surface area contributed by atoms with Gasteiger partial charge >= 0.3 is 0 Å². The first-order chi connectivity index (χ1) is 7.54. The molecule has 1 aromatic rings. The van der Waals surface area contributed by atoms with Crippen molar-refractivity contribution in [3.63, 3.8) is 0 Å². The maximum absolute atomic E-state index is 13.0. The molecule has 0 radical (unpaired) electrons. The van der Waals surface area contributed by atoms with Crippen molar-refractivity contribution in [2.75, 3.05) is 7.05 Å². The Morgan fingerprint density at radius 2 is 1.81 bits per heavy atom. The van der Waals surface area contributed by atoms with Crippen LogP contribution in [-0.2, 0) is 12.0 Å². The molecule has 16 heavy (non-hydrogen) atoms. The zero-order valence-corrected chi connectivity index (χ0v) is 10.1. The first-order valence-corrected chi connectivity index (χ1v) is 5.61. The molecule has 0 aliphatic rings. The van der Waals surface area contributed by atoms with Crippen molar-refractivity contribution in [1.29, 1.82) is 0 Å². The van der Waals surface area contributed by atoms with Gasteiger partial charge in [-0.2, -0.15) is 0 Å². The largest absolute Gasteiger partial charge is 0.306 e. The van der Waals surface area contributed by atoms with Crippen LogP contribution < -0.4 is 5.32 Å². The zero-order valence-electron chi connectivity index (χ0n) is 10.1. The van der Waals surface area contributed by atoms with Crippen LogP contribution in [0.1, 0.15) is 31.4 Å². The van der Waals surface area contributed by atoms with E-state index in [-0.39, 0.29) is 0 Å². The summed E-state index contributed by atoms with van der Waals surface area (Å²) in [4.78, 5) is 0. The highest BCUT2D eigenvalue weighted by atomic mass is 19.3. The van der Waals surface area contributed by atoms with Crippen LogP contribution in [0.15, 0.2) is 24.3 Å². The summed E-state index contributed by atoms with van der Waals surface area (Å²) in [7, 11) is 1.56. The smallest absolute Gasteiger partial charge is 0.260 e. The molecule has 1 rings (SSSR count). The van der Waals surface area contributed by atoms with Gasteiger partial charge in [-0.1, -0.05) is 37.6 Å². The molecule has 1 N–H and O–H groups in total. The molecule has 0 heterocycles. The number of hydrogen-bond donors (Lipinski definition) is 1. The minimum Gasteiger partial charge on any atom is -0.306 e.